The second-order valence-corrected chi connectivity index (χ2v) is 11.5. The molecule has 36 heavy (non-hydrogen) atoms. The molecule has 7 heteroatoms. The first-order chi connectivity index (χ1) is 17.5. The van der Waals surface area contributed by atoms with Crippen molar-refractivity contribution in [3.63, 3.8) is 0 Å². The fraction of sp³-hybridized carbons (Fsp3) is 0.310. The molecule has 0 unspecified atom stereocenters. The molecule has 0 saturated carbocycles. The minimum absolute atomic E-state index is 0.314. The van der Waals surface area contributed by atoms with Gasteiger partial charge >= 0.3 is 0 Å². The standard InChI is InChI=1S/C29H34N4O2S/c1-30-23-29(33(24-30)31-19-9-4-10-20-31)27-15-17-28(18-16-27)36(34,35)32(21-25-11-5-2-6-12-25)22-26-13-7-3-8-14-26/h2-3,5-8,11-18,23H,4,9-10,19-22,24H2,1H3. The van der Waals surface area contributed by atoms with Crippen molar-refractivity contribution in [2.24, 2.45) is 0 Å². The topological polar surface area (TPSA) is 47.1 Å². The van der Waals surface area contributed by atoms with Crippen molar-refractivity contribution in [1.82, 2.24) is 19.2 Å². The molecule has 0 amide bonds. The molecule has 0 atom stereocenters. The molecule has 2 aliphatic rings. The summed E-state index contributed by atoms with van der Waals surface area (Å²) < 4.78 is 29.2. The van der Waals surface area contributed by atoms with E-state index in [1.54, 1.807) is 16.4 Å². The lowest BCUT2D eigenvalue weighted by atomic mass is 10.1. The van der Waals surface area contributed by atoms with Crippen LogP contribution in [0.5, 0.6) is 0 Å². The first-order valence-electron chi connectivity index (χ1n) is 12.6. The molecule has 1 saturated heterocycles. The van der Waals surface area contributed by atoms with E-state index in [4.69, 9.17) is 0 Å². The van der Waals surface area contributed by atoms with Crippen molar-refractivity contribution >= 4 is 15.7 Å². The highest BCUT2D eigenvalue weighted by Crippen LogP contribution is 2.30. The third-order valence-electron chi connectivity index (χ3n) is 6.84. The number of nitrogens with zero attached hydrogens (tertiary/aromatic N) is 4. The minimum atomic E-state index is -3.70. The third kappa shape index (κ3) is 5.48. The fourth-order valence-electron chi connectivity index (χ4n) is 4.93. The van der Waals surface area contributed by atoms with E-state index in [-0.39, 0.29) is 0 Å². The van der Waals surface area contributed by atoms with Crippen LogP contribution < -0.4 is 0 Å². The van der Waals surface area contributed by atoms with Crippen molar-refractivity contribution in [3.05, 3.63) is 108 Å². The van der Waals surface area contributed by atoms with E-state index < -0.39 is 10.0 Å². The molecule has 0 spiro atoms. The molecule has 3 aromatic rings. The van der Waals surface area contributed by atoms with Crippen LogP contribution in [0.15, 0.2) is 96.0 Å². The quantitative estimate of drug-likeness (QED) is 0.435. The number of hydrogen-bond acceptors (Lipinski definition) is 5. The zero-order valence-electron chi connectivity index (χ0n) is 20.8. The average molecular weight is 503 g/mol. The van der Waals surface area contributed by atoms with E-state index in [1.165, 1.54) is 19.3 Å². The van der Waals surface area contributed by atoms with Crippen LogP contribution in [0.2, 0.25) is 0 Å². The first-order valence-corrected chi connectivity index (χ1v) is 14.1. The maximum Gasteiger partial charge on any atom is 0.243 e. The highest BCUT2D eigenvalue weighted by molar-refractivity contribution is 7.89. The lowest BCUT2D eigenvalue weighted by Gasteiger charge is -2.37. The lowest BCUT2D eigenvalue weighted by molar-refractivity contribution is 0.00259. The van der Waals surface area contributed by atoms with Crippen LogP contribution in [0.25, 0.3) is 5.70 Å². The second-order valence-electron chi connectivity index (χ2n) is 9.60. The van der Waals surface area contributed by atoms with E-state index in [0.717, 1.165) is 42.1 Å². The van der Waals surface area contributed by atoms with Crippen LogP contribution in [0.4, 0.5) is 0 Å². The summed E-state index contributed by atoms with van der Waals surface area (Å²) in [4.78, 5) is 2.49. The molecule has 0 aliphatic carbocycles. The van der Waals surface area contributed by atoms with E-state index >= 15 is 0 Å². The van der Waals surface area contributed by atoms with E-state index in [9.17, 15) is 8.42 Å². The summed E-state index contributed by atoms with van der Waals surface area (Å²) in [5.41, 5.74) is 4.07. The second kappa shape index (κ2) is 10.9. The Balaban J connectivity index is 1.41. The van der Waals surface area contributed by atoms with Crippen molar-refractivity contribution < 1.29 is 8.42 Å². The third-order valence-corrected chi connectivity index (χ3v) is 8.65. The number of sulfonamides is 1. The van der Waals surface area contributed by atoms with E-state index in [2.05, 4.69) is 28.2 Å². The van der Waals surface area contributed by atoms with Gasteiger partial charge in [0.2, 0.25) is 10.0 Å². The maximum atomic E-state index is 13.8. The Kier molecular flexibility index (Phi) is 7.41. The highest BCUT2D eigenvalue weighted by Gasteiger charge is 2.28. The molecule has 6 nitrogen and oxygen atoms in total. The summed E-state index contributed by atoms with van der Waals surface area (Å²) >= 11 is 0. The number of benzene rings is 3. The summed E-state index contributed by atoms with van der Waals surface area (Å²) in [5, 5.41) is 4.75. The van der Waals surface area contributed by atoms with Crippen LogP contribution in [0, 0.1) is 0 Å². The Morgan fingerprint density at radius 2 is 1.31 bits per heavy atom. The van der Waals surface area contributed by atoms with Crippen molar-refractivity contribution in [2.45, 2.75) is 37.2 Å². The number of hydrogen-bond donors (Lipinski definition) is 0. The molecule has 0 bridgehead atoms. The van der Waals surface area contributed by atoms with Gasteiger partial charge in [-0.15, -0.1) is 0 Å². The van der Waals surface area contributed by atoms with Crippen LogP contribution in [0.3, 0.4) is 0 Å². The van der Waals surface area contributed by atoms with Gasteiger partial charge in [0.15, 0.2) is 0 Å². The van der Waals surface area contributed by atoms with Gasteiger partial charge < -0.3 is 4.90 Å². The maximum absolute atomic E-state index is 13.8. The minimum Gasteiger partial charge on any atom is -0.360 e. The average Bonchev–Trinajstić information content (AvgIpc) is 3.32. The first kappa shape index (κ1) is 24.6. The molecule has 188 valence electrons. The van der Waals surface area contributed by atoms with E-state index in [0.29, 0.717) is 18.0 Å². The van der Waals surface area contributed by atoms with Crippen molar-refractivity contribution in [1.29, 1.82) is 0 Å². The summed E-state index contributed by atoms with van der Waals surface area (Å²) in [7, 11) is -1.63. The SMILES string of the molecule is CN1C=C(c2ccc(S(=O)(=O)N(Cc3ccccc3)Cc3ccccc3)cc2)N(N2CCCCC2)C1. The Labute approximate surface area is 215 Å². The van der Waals surface area contributed by atoms with E-state index in [1.807, 2.05) is 72.8 Å². The Morgan fingerprint density at radius 3 is 1.86 bits per heavy atom. The monoisotopic (exact) mass is 502 g/mol. The van der Waals surface area contributed by atoms with Gasteiger partial charge in [0.25, 0.3) is 0 Å². The molecule has 5 rings (SSSR count). The highest BCUT2D eigenvalue weighted by atomic mass is 32.2. The zero-order chi connectivity index (χ0) is 25.0. The largest absolute Gasteiger partial charge is 0.360 e. The van der Waals surface area contributed by atoms with Gasteiger partial charge in [-0.3, -0.25) is 5.01 Å². The molecule has 1 fully saturated rings. The van der Waals surface area contributed by atoms with Gasteiger partial charge in [0.1, 0.15) is 6.67 Å². The molecule has 0 N–H and O–H groups in total. The van der Waals surface area contributed by atoms with Crippen molar-refractivity contribution in [2.75, 3.05) is 26.8 Å². The number of rotatable bonds is 8. The summed E-state index contributed by atoms with van der Waals surface area (Å²) in [6.07, 6.45) is 5.86. The van der Waals surface area contributed by atoms with Gasteiger partial charge in [-0.2, -0.15) is 4.31 Å². The molecular formula is C29H34N4O2S. The molecule has 3 aromatic carbocycles. The van der Waals surface area contributed by atoms with Gasteiger partial charge in [-0.05, 0) is 36.1 Å². The van der Waals surface area contributed by atoms with Gasteiger partial charge in [0.05, 0.1) is 10.6 Å². The molecule has 0 radical (unpaired) electrons. The van der Waals surface area contributed by atoms with Crippen LogP contribution in [-0.4, -0.2) is 54.4 Å². The lowest BCUT2D eigenvalue weighted by Crippen LogP contribution is -2.44. The summed E-state index contributed by atoms with van der Waals surface area (Å²) in [6, 6.07) is 26.9. The zero-order valence-corrected chi connectivity index (χ0v) is 21.6. The Bertz CT molecular complexity index is 1230. The predicted octanol–water partition coefficient (Wildman–Crippen LogP) is 4.98. The van der Waals surface area contributed by atoms with Gasteiger partial charge in [0, 0.05) is 45.0 Å². The molecule has 0 aromatic heterocycles. The smallest absolute Gasteiger partial charge is 0.243 e. The summed E-state index contributed by atoms with van der Waals surface area (Å²) in [6.45, 7) is 3.57. The summed E-state index contributed by atoms with van der Waals surface area (Å²) in [5.74, 6) is 0. The van der Waals surface area contributed by atoms with Crippen LogP contribution >= 0.6 is 0 Å². The molecule has 2 heterocycles. The molecule has 2 aliphatic heterocycles. The van der Waals surface area contributed by atoms with Gasteiger partial charge in [-0.1, -0.05) is 79.2 Å². The Morgan fingerprint density at radius 1 is 0.750 bits per heavy atom. The van der Waals surface area contributed by atoms with Crippen molar-refractivity contribution in [3.8, 4) is 0 Å². The van der Waals surface area contributed by atoms with Crippen LogP contribution in [0.1, 0.15) is 36.0 Å². The fourth-order valence-corrected chi connectivity index (χ4v) is 6.35. The number of hydrazine groups is 1. The normalized spacial score (nSPS) is 17.0. The molecular weight excluding hydrogens is 468 g/mol. The van der Waals surface area contributed by atoms with Crippen LogP contribution in [-0.2, 0) is 23.1 Å². The number of piperidine rings is 1. The Hall–Kier alpha value is -3.13. The predicted molar refractivity (Wildman–Crippen MR) is 144 cm³/mol. The van der Waals surface area contributed by atoms with Gasteiger partial charge in [-0.25, -0.2) is 13.4 Å².